The molecule has 3 aromatic carbocycles. The van der Waals surface area contributed by atoms with Crippen LogP contribution in [-0.4, -0.2) is 18.4 Å². The smallest absolute Gasteiger partial charge is 0.262 e. The molecule has 2 amide bonds. The molecule has 0 unspecified atom stereocenters. The molecule has 142 valence electrons. The van der Waals surface area contributed by atoms with Gasteiger partial charge in [0.2, 0.25) is 0 Å². The van der Waals surface area contributed by atoms with Crippen molar-refractivity contribution in [2.45, 2.75) is 13.8 Å². The van der Waals surface area contributed by atoms with Gasteiger partial charge in [-0.2, -0.15) is 0 Å². The molecule has 0 spiro atoms. The van der Waals surface area contributed by atoms with Crippen molar-refractivity contribution in [1.29, 1.82) is 0 Å². The summed E-state index contributed by atoms with van der Waals surface area (Å²) in [5, 5.41) is 5.60. The van der Waals surface area contributed by atoms with Gasteiger partial charge in [0.15, 0.2) is 6.61 Å². The van der Waals surface area contributed by atoms with Crippen molar-refractivity contribution >= 4 is 23.2 Å². The van der Waals surface area contributed by atoms with Crippen LogP contribution >= 0.6 is 0 Å². The third kappa shape index (κ3) is 5.20. The zero-order chi connectivity index (χ0) is 19.9. The van der Waals surface area contributed by atoms with Crippen molar-refractivity contribution in [3.63, 3.8) is 0 Å². The summed E-state index contributed by atoms with van der Waals surface area (Å²) in [5.74, 6) is 0.264. The first kappa shape index (κ1) is 19.2. The predicted molar refractivity (Wildman–Crippen MR) is 111 cm³/mol. The summed E-state index contributed by atoms with van der Waals surface area (Å²) in [5.41, 5.74) is 4.01. The Kier molecular flexibility index (Phi) is 6.07. The zero-order valence-corrected chi connectivity index (χ0v) is 15.9. The number of anilines is 2. The highest BCUT2D eigenvalue weighted by Gasteiger charge is 2.07. The summed E-state index contributed by atoms with van der Waals surface area (Å²) >= 11 is 0. The Morgan fingerprint density at radius 2 is 1.46 bits per heavy atom. The van der Waals surface area contributed by atoms with Gasteiger partial charge in [-0.15, -0.1) is 0 Å². The van der Waals surface area contributed by atoms with Crippen LogP contribution in [-0.2, 0) is 4.79 Å². The van der Waals surface area contributed by atoms with Crippen molar-refractivity contribution in [2.75, 3.05) is 17.2 Å². The summed E-state index contributed by atoms with van der Waals surface area (Å²) in [6.07, 6.45) is 0. The maximum absolute atomic E-state index is 12.1. The van der Waals surface area contributed by atoms with E-state index in [-0.39, 0.29) is 18.4 Å². The van der Waals surface area contributed by atoms with E-state index < -0.39 is 0 Å². The van der Waals surface area contributed by atoms with Gasteiger partial charge in [0.25, 0.3) is 11.8 Å². The fourth-order valence-corrected chi connectivity index (χ4v) is 2.73. The molecular weight excluding hydrogens is 352 g/mol. The van der Waals surface area contributed by atoms with Crippen LogP contribution in [0.15, 0.2) is 72.8 Å². The highest BCUT2D eigenvalue weighted by atomic mass is 16.5. The first-order chi connectivity index (χ1) is 13.5. The normalized spacial score (nSPS) is 10.2. The molecule has 5 nitrogen and oxygen atoms in total. The van der Waals surface area contributed by atoms with Crippen molar-refractivity contribution in [1.82, 2.24) is 0 Å². The van der Waals surface area contributed by atoms with Crippen molar-refractivity contribution in [3.8, 4) is 5.75 Å². The Morgan fingerprint density at radius 1 is 0.821 bits per heavy atom. The van der Waals surface area contributed by atoms with E-state index in [2.05, 4.69) is 10.6 Å². The van der Waals surface area contributed by atoms with Crippen LogP contribution in [0.4, 0.5) is 11.4 Å². The van der Waals surface area contributed by atoms with Crippen molar-refractivity contribution in [2.24, 2.45) is 0 Å². The Morgan fingerprint density at radius 3 is 2.11 bits per heavy atom. The van der Waals surface area contributed by atoms with E-state index in [0.29, 0.717) is 22.7 Å². The molecule has 5 heteroatoms. The molecule has 0 radical (unpaired) electrons. The fourth-order valence-electron chi connectivity index (χ4n) is 2.73. The maximum Gasteiger partial charge on any atom is 0.262 e. The summed E-state index contributed by atoms with van der Waals surface area (Å²) in [6, 6.07) is 21.7. The molecule has 0 aliphatic rings. The maximum atomic E-state index is 12.1. The number of hydrogen-bond acceptors (Lipinski definition) is 3. The van der Waals surface area contributed by atoms with Gasteiger partial charge < -0.3 is 15.4 Å². The van der Waals surface area contributed by atoms with Gasteiger partial charge in [-0.3, -0.25) is 9.59 Å². The Hall–Kier alpha value is -3.60. The van der Waals surface area contributed by atoms with Gasteiger partial charge in [0, 0.05) is 16.9 Å². The van der Waals surface area contributed by atoms with Gasteiger partial charge >= 0.3 is 0 Å². The van der Waals surface area contributed by atoms with Crippen LogP contribution in [0.2, 0.25) is 0 Å². The molecule has 0 saturated carbocycles. The van der Waals surface area contributed by atoms with E-state index in [1.807, 2.05) is 50.2 Å². The third-order valence-corrected chi connectivity index (χ3v) is 4.15. The molecule has 0 aromatic heterocycles. The molecule has 2 N–H and O–H groups in total. The zero-order valence-electron chi connectivity index (χ0n) is 15.9. The molecule has 28 heavy (non-hydrogen) atoms. The lowest BCUT2D eigenvalue weighted by atomic mass is 10.1. The van der Waals surface area contributed by atoms with Crippen LogP contribution in [0.1, 0.15) is 21.5 Å². The summed E-state index contributed by atoms with van der Waals surface area (Å²) < 4.78 is 5.58. The van der Waals surface area contributed by atoms with Gasteiger partial charge in [-0.1, -0.05) is 35.9 Å². The molecule has 0 fully saturated rings. The Labute approximate surface area is 164 Å². The van der Waals surface area contributed by atoms with E-state index in [9.17, 15) is 9.59 Å². The van der Waals surface area contributed by atoms with Crippen LogP contribution in [0, 0.1) is 13.8 Å². The first-order valence-electron chi connectivity index (χ1n) is 8.97. The summed E-state index contributed by atoms with van der Waals surface area (Å²) in [4.78, 5) is 24.3. The Balaban J connectivity index is 1.52. The molecule has 0 bridgehead atoms. The lowest BCUT2D eigenvalue weighted by molar-refractivity contribution is -0.118. The fraction of sp³-hybridized carbons (Fsp3) is 0.130. The van der Waals surface area contributed by atoms with Gasteiger partial charge in [0.1, 0.15) is 5.75 Å². The minimum Gasteiger partial charge on any atom is -0.483 e. The van der Waals surface area contributed by atoms with E-state index in [1.54, 1.807) is 36.4 Å². The average Bonchev–Trinajstić information content (AvgIpc) is 2.69. The first-order valence-corrected chi connectivity index (χ1v) is 8.97. The SMILES string of the molecule is Cc1ccc(OCC(=O)Nc2ccc(NC(=O)c3ccccc3)cc2)c(C)c1. The monoisotopic (exact) mass is 374 g/mol. The number of hydrogen-bond donors (Lipinski definition) is 2. The molecule has 0 aliphatic carbocycles. The second-order valence-corrected chi connectivity index (χ2v) is 6.50. The van der Waals surface area contributed by atoms with Crippen LogP contribution < -0.4 is 15.4 Å². The quantitative estimate of drug-likeness (QED) is 0.664. The highest BCUT2D eigenvalue weighted by molar-refractivity contribution is 6.04. The van der Waals surface area contributed by atoms with Crippen LogP contribution in [0.5, 0.6) is 5.75 Å². The van der Waals surface area contributed by atoms with E-state index in [1.165, 1.54) is 0 Å². The topological polar surface area (TPSA) is 67.4 Å². The average molecular weight is 374 g/mol. The lowest BCUT2D eigenvalue weighted by Gasteiger charge is -2.11. The predicted octanol–water partition coefficient (Wildman–Crippen LogP) is 4.57. The van der Waals surface area contributed by atoms with Crippen LogP contribution in [0.3, 0.4) is 0 Å². The molecular formula is C23H22N2O3. The molecule has 0 heterocycles. The highest BCUT2D eigenvalue weighted by Crippen LogP contribution is 2.19. The molecule has 0 saturated heterocycles. The largest absolute Gasteiger partial charge is 0.483 e. The lowest BCUT2D eigenvalue weighted by Crippen LogP contribution is -2.20. The third-order valence-electron chi connectivity index (χ3n) is 4.15. The number of aryl methyl sites for hydroxylation is 2. The molecule has 0 aliphatic heterocycles. The van der Waals surface area contributed by atoms with Crippen LogP contribution in [0.25, 0.3) is 0 Å². The minimum atomic E-state index is -0.249. The number of ether oxygens (including phenoxy) is 1. The summed E-state index contributed by atoms with van der Waals surface area (Å²) in [7, 11) is 0. The molecule has 3 aromatic rings. The number of carbonyl (C=O) groups is 2. The Bertz CT molecular complexity index is 967. The van der Waals surface area contributed by atoms with Gasteiger partial charge in [-0.25, -0.2) is 0 Å². The second kappa shape index (κ2) is 8.86. The number of carbonyl (C=O) groups excluding carboxylic acids is 2. The van der Waals surface area contributed by atoms with Gasteiger partial charge in [0.05, 0.1) is 0 Å². The van der Waals surface area contributed by atoms with E-state index in [4.69, 9.17) is 4.74 Å². The van der Waals surface area contributed by atoms with Gasteiger partial charge in [-0.05, 0) is 61.9 Å². The number of nitrogens with one attached hydrogen (secondary N) is 2. The summed E-state index contributed by atoms with van der Waals surface area (Å²) in [6.45, 7) is 3.88. The molecule has 3 rings (SSSR count). The number of amides is 2. The van der Waals surface area contributed by atoms with E-state index >= 15 is 0 Å². The standard InChI is InChI=1S/C23H22N2O3/c1-16-8-13-21(17(2)14-16)28-15-22(26)24-19-9-11-20(12-10-19)25-23(27)18-6-4-3-5-7-18/h3-14H,15H2,1-2H3,(H,24,26)(H,25,27). The minimum absolute atomic E-state index is 0.0730. The van der Waals surface area contributed by atoms with Crippen molar-refractivity contribution in [3.05, 3.63) is 89.5 Å². The van der Waals surface area contributed by atoms with E-state index in [0.717, 1.165) is 11.1 Å². The van der Waals surface area contributed by atoms with Crippen molar-refractivity contribution < 1.29 is 14.3 Å². The number of benzene rings is 3. The second-order valence-electron chi connectivity index (χ2n) is 6.50. The molecule has 0 atom stereocenters. The number of rotatable bonds is 6.